The third-order valence-electron chi connectivity index (χ3n) is 3.48. The van der Waals surface area contributed by atoms with Crippen molar-refractivity contribution in [3.63, 3.8) is 0 Å². The molecule has 26 heavy (non-hydrogen) atoms. The molecule has 0 radical (unpaired) electrons. The van der Waals surface area contributed by atoms with Crippen LogP contribution in [0.3, 0.4) is 0 Å². The molecular formula is C20H20FNO4. The summed E-state index contributed by atoms with van der Waals surface area (Å²) in [6, 6.07) is 11.4. The predicted molar refractivity (Wildman–Crippen MR) is 95.5 cm³/mol. The van der Waals surface area contributed by atoms with Crippen LogP contribution in [0.1, 0.15) is 41.0 Å². The lowest BCUT2D eigenvalue weighted by Gasteiger charge is -2.08. The minimum Gasteiger partial charge on any atom is -0.454 e. The van der Waals surface area contributed by atoms with E-state index >= 15 is 0 Å². The van der Waals surface area contributed by atoms with E-state index in [-0.39, 0.29) is 17.4 Å². The fraction of sp³-hybridized carbons (Fsp3) is 0.250. The van der Waals surface area contributed by atoms with Crippen molar-refractivity contribution >= 4 is 23.3 Å². The fourth-order valence-corrected chi connectivity index (χ4v) is 2.24. The van der Waals surface area contributed by atoms with Crippen molar-refractivity contribution in [2.75, 3.05) is 11.9 Å². The lowest BCUT2D eigenvalue weighted by molar-refractivity contribution is -0.116. The quantitative estimate of drug-likeness (QED) is 0.603. The number of ether oxygens (including phenoxy) is 1. The van der Waals surface area contributed by atoms with Crippen LogP contribution in [0.4, 0.5) is 10.1 Å². The molecule has 1 amide bonds. The van der Waals surface area contributed by atoms with E-state index in [1.54, 1.807) is 24.3 Å². The van der Waals surface area contributed by atoms with Crippen LogP contribution in [0.5, 0.6) is 0 Å². The normalized spacial score (nSPS) is 10.5. The largest absolute Gasteiger partial charge is 0.454 e. The predicted octanol–water partition coefficient (Wildman–Crippen LogP) is 3.85. The molecular weight excluding hydrogens is 337 g/mol. The maximum atomic E-state index is 13.1. The second kappa shape index (κ2) is 8.89. The molecule has 0 fully saturated rings. The Labute approximate surface area is 151 Å². The fourth-order valence-electron chi connectivity index (χ4n) is 2.24. The van der Waals surface area contributed by atoms with E-state index in [9.17, 15) is 18.8 Å². The van der Waals surface area contributed by atoms with Crippen LogP contribution in [-0.4, -0.2) is 24.3 Å². The van der Waals surface area contributed by atoms with Gasteiger partial charge < -0.3 is 10.1 Å². The highest BCUT2D eigenvalue weighted by Crippen LogP contribution is 2.12. The molecule has 0 atom stereocenters. The number of ketones is 1. The number of carbonyl (C=O) groups excluding carboxylic acids is 3. The summed E-state index contributed by atoms with van der Waals surface area (Å²) in [5.41, 5.74) is 0.976. The van der Waals surface area contributed by atoms with Crippen LogP contribution in [0.15, 0.2) is 48.5 Å². The van der Waals surface area contributed by atoms with Crippen LogP contribution in [0, 0.1) is 11.7 Å². The number of anilines is 1. The zero-order valence-corrected chi connectivity index (χ0v) is 14.6. The zero-order chi connectivity index (χ0) is 19.1. The standard InChI is InChI=1S/C20H20FNO4/c1-13(2)10-19(24)22-17-8-6-14(7-9-17)18(23)12-26-20(25)15-4-3-5-16(21)11-15/h3-9,11,13H,10,12H2,1-2H3,(H,22,24). The molecule has 0 aromatic heterocycles. The minimum atomic E-state index is -0.768. The first-order valence-corrected chi connectivity index (χ1v) is 8.21. The first-order chi connectivity index (χ1) is 12.3. The van der Waals surface area contributed by atoms with Crippen LogP contribution in [0.25, 0.3) is 0 Å². The van der Waals surface area contributed by atoms with Gasteiger partial charge in [-0.05, 0) is 48.4 Å². The molecule has 0 aliphatic heterocycles. The molecule has 0 spiro atoms. The molecule has 2 aromatic rings. The van der Waals surface area contributed by atoms with Crippen molar-refractivity contribution in [3.8, 4) is 0 Å². The van der Waals surface area contributed by atoms with Crippen molar-refractivity contribution in [1.29, 1.82) is 0 Å². The summed E-state index contributed by atoms with van der Waals surface area (Å²) in [7, 11) is 0. The number of nitrogens with one attached hydrogen (secondary N) is 1. The number of hydrogen-bond donors (Lipinski definition) is 1. The van der Waals surface area contributed by atoms with Gasteiger partial charge in [-0.15, -0.1) is 0 Å². The average molecular weight is 357 g/mol. The number of esters is 1. The van der Waals surface area contributed by atoms with Crippen LogP contribution in [0.2, 0.25) is 0 Å². The second-order valence-corrected chi connectivity index (χ2v) is 6.23. The summed E-state index contributed by atoms with van der Waals surface area (Å²) < 4.78 is 18.0. The molecule has 0 aliphatic rings. The van der Waals surface area contributed by atoms with E-state index in [0.29, 0.717) is 17.7 Å². The van der Waals surface area contributed by atoms with Crippen molar-refractivity contribution in [3.05, 3.63) is 65.5 Å². The van der Waals surface area contributed by atoms with E-state index in [0.717, 1.165) is 6.07 Å². The molecule has 0 aliphatic carbocycles. The Morgan fingerprint density at radius 2 is 1.73 bits per heavy atom. The third-order valence-corrected chi connectivity index (χ3v) is 3.48. The molecule has 2 aromatic carbocycles. The Balaban J connectivity index is 1.89. The van der Waals surface area contributed by atoms with E-state index in [1.165, 1.54) is 18.2 Å². The first-order valence-electron chi connectivity index (χ1n) is 8.21. The monoisotopic (exact) mass is 357 g/mol. The number of rotatable bonds is 7. The maximum Gasteiger partial charge on any atom is 0.338 e. The zero-order valence-electron chi connectivity index (χ0n) is 14.6. The Morgan fingerprint density at radius 3 is 2.35 bits per heavy atom. The summed E-state index contributed by atoms with van der Waals surface area (Å²) in [5, 5.41) is 2.75. The third kappa shape index (κ3) is 5.81. The molecule has 0 saturated carbocycles. The molecule has 0 heterocycles. The van der Waals surface area contributed by atoms with Gasteiger partial charge in [-0.2, -0.15) is 0 Å². The smallest absolute Gasteiger partial charge is 0.338 e. The van der Waals surface area contributed by atoms with Gasteiger partial charge in [0.15, 0.2) is 12.4 Å². The molecule has 136 valence electrons. The Bertz CT molecular complexity index is 800. The van der Waals surface area contributed by atoms with Crippen molar-refractivity contribution < 1.29 is 23.5 Å². The van der Waals surface area contributed by atoms with Gasteiger partial charge in [0.25, 0.3) is 0 Å². The van der Waals surface area contributed by atoms with Crippen LogP contribution in [-0.2, 0) is 9.53 Å². The summed E-state index contributed by atoms with van der Waals surface area (Å²) in [4.78, 5) is 35.6. The lowest BCUT2D eigenvalue weighted by Crippen LogP contribution is -2.15. The van der Waals surface area contributed by atoms with Crippen LogP contribution < -0.4 is 5.32 Å². The number of benzene rings is 2. The van der Waals surface area contributed by atoms with Crippen molar-refractivity contribution in [2.24, 2.45) is 5.92 Å². The molecule has 0 unspecified atom stereocenters. The molecule has 6 heteroatoms. The van der Waals surface area contributed by atoms with Gasteiger partial charge in [0, 0.05) is 17.7 Å². The molecule has 5 nitrogen and oxygen atoms in total. The van der Waals surface area contributed by atoms with Gasteiger partial charge in [0.1, 0.15) is 5.82 Å². The average Bonchev–Trinajstić information content (AvgIpc) is 2.59. The van der Waals surface area contributed by atoms with Gasteiger partial charge in [-0.3, -0.25) is 9.59 Å². The highest BCUT2D eigenvalue weighted by atomic mass is 19.1. The molecule has 0 saturated heterocycles. The summed E-state index contributed by atoms with van der Waals surface area (Å²) in [6.07, 6.45) is 0.413. The first kappa shape index (κ1) is 19.3. The van der Waals surface area contributed by atoms with Gasteiger partial charge >= 0.3 is 5.97 Å². The topological polar surface area (TPSA) is 72.5 Å². The summed E-state index contributed by atoms with van der Waals surface area (Å²) >= 11 is 0. The van der Waals surface area contributed by atoms with Crippen molar-refractivity contribution in [1.82, 2.24) is 0 Å². The number of hydrogen-bond acceptors (Lipinski definition) is 4. The minimum absolute atomic E-state index is 0.0426. The van der Waals surface area contributed by atoms with Gasteiger partial charge in [-0.1, -0.05) is 19.9 Å². The summed E-state index contributed by atoms with van der Waals surface area (Å²) in [6.45, 7) is 3.45. The number of Topliss-reactive ketones (excluding diaryl/α,β-unsaturated/α-hetero) is 1. The van der Waals surface area contributed by atoms with Crippen molar-refractivity contribution in [2.45, 2.75) is 20.3 Å². The second-order valence-electron chi connectivity index (χ2n) is 6.23. The number of amides is 1. The highest BCUT2D eigenvalue weighted by Gasteiger charge is 2.13. The van der Waals surface area contributed by atoms with Gasteiger partial charge in [0.05, 0.1) is 5.56 Å². The van der Waals surface area contributed by atoms with Gasteiger partial charge in [-0.25, -0.2) is 9.18 Å². The van der Waals surface area contributed by atoms with E-state index < -0.39 is 24.2 Å². The number of halogens is 1. The van der Waals surface area contributed by atoms with E-state index in [4.69, 9.17) is 4.74 Å². The Kier molecular flexibility index (Phi) is 6.60. The highest BCUT2D eigenvalue weighted by molar-refractivity contribution is 6.00. The van der Waals surface area contributed by atoms with Gasteiger partial charge in [0.2, 0.25) is 5.91 Å². The molecule has 0 bridgehead atoms. The molecule has 2 rings (SSSR count). The molecule has 1 N–H and O–H groups in total. The van der Waals surface area contributed by atoms with E-state index in [1.807, 2.05) is 13.8 Å². The Hall–Kier alpha value is -3.02. The lowest BCUT2D eigenvalue weighted by atomic mass is 10.1. The maximum absolute atomic E-state index is 13.1. The number of carbonyl (C=O) groups is 3. The SMILES string of the molecule is CC(C)CC(=O)Nc1ccc(C(=O)COC(=O)c2cccc(F)c2)cc1. The van der Waals surface area contributed by atoms with Crippen LogP contribution >= 0.6 is 0 Å². The van der Waals surface area contributed by atoms with E-state index in [2.05, 4.69) is 5.32 Å². The summed E-state index contributed by atoms with van der Waals surface area (Å²) in [5.74, 6) is -1.56. The Morgan fingerprint density at radius 1 is 1.04 bits per heavy atom.